The number of hydrogen-bond donors (Lipinski definition) is 2. The summed E-state index contributed by atoms with van der Waals surface area (Å²) in [7, 11) is 0. The summed E-state index contributed by atoms with van der Waals surface area (Å²) < 4.78 is 0. The Labute approximate surface area is 171 Å². The summed E-state index contributed by atoms with van der Waals surface area (Å²) in [4.78, 5) is 6.75. The summed E-state index contributed by atoms with van der Waals surface area (Å²) in [6.45, 7) is 1.90. The van der Waals surface area contributed by atoms with E-state index in [2.05, 4.69) is 9.88 Å². The van der Waals surface area contributed by atoms with Gasteiger partial charge in [0.25, 0.3) is 0 Å². The summed E-state index contributed by atoms with van der Waals surface area (Å²) in [5.74, 6) is 0.115. The number of nitrogens with zero attached hydrogens (tertiary/aromatic N) is 2. The average Bonchev–Trinajstić information content (AvgIpc) is 2.98. The van der Waals surface area contributed by atoms with Gasteiger partial charge in [-0.1, -0.05) is 49.2 Å². The molecule has 1 aromatic heterocycles. The normalized spacial score (nSPS) is 21.3. The van der Waals surface area contributed by atoms with E-state index >= 15 is 0 Å². The van der Waals surface area contributed by atoms with Gasteiger partial charge in [-0.25, -0.2) is 0 Å². The zero-order valence-electron chi connectivity index (χ0n) is 14.6. The maximum absolute atomic E-state index is 10.5. The second-order valence-electron chi connectivity index (χ2n) is 7.51. The highest BCUT2D eigenvalue weighted by atomic mass is 35.5. The molecule has 1 saturated heterocycles. The average molecular weight is 408 g/mol. The van der Waals surface area contributed by atoms with Crippen molar-refractivity contribution < 1.29 is 5.11 Å². The topological polar surface area (TPSA) is 62.4 Å². The Bertz CT molecular complexity index is 819. The van der Waals surface area contributed by atoms with E-state index in [1.165, 1.54) is 12.8 Å². The zero-order chi connectivity index (χ0) is 18.3. The van der Waals surface area contributed by atoms with E-state index in [0.717, 1.165) is 38.0 Å². The van der Waals surface area contributed by atoms with Crippen LogP contribution in [0.3, 0.4) is 0 Å². The van der Waals surface area contributed by atoms with E-state index in [1.807, 2.05) is 6.07 Å². The van der Waals surface area contributed by atoms with Gasteiger partial charge in [0.1, 0.15) is 11.4 Å². The van der Waals surface area contributed by atoms with Crippen LogP contribution in [0.1, 0.15) is 39.5 Å². The molecule has 2 aromatic rings. The first kappa shape index (κ1) is 20.2. The number of anilines is 1. The summed E-state index contributed by atoms with van der Waals surface area (Å²) in [5, 5.41) is 11.4. The van der Waals surface area contributed by atoms with Crippen molar-refractivity contribution in [1.82, 2.24) is 4.98 Å². The van der Waals surface area contributed by atoms with Gasteiger partial charge >= 0.3 is 0 Å². The van der Waals surface area contributed by atoms with E-state index in [0.29, 0.717) is 32.8 Å². The lowest BCUT2D eigenvalue weighted by atomic mass is 9.74. The molecule has 146 valence electrons. The van der Waals surface area contributed by atoms with E-state index in [4.69, 9.17) is 28.9 Å². The molecule has 2 fully saturated rings. The highest BCUT2D eigenvalue weighted by molar-refractivity contribution is 6.43. The number of aromatic hydroxyl groups is 1. The molecule has 3 N–H and O–H groups in total. The van der Waals surface area contributed by atoms with Crippen LogP contribution in [-0.2, 0) is 0 Å². The van der Waals surface area contributed by atoms with Crippen molar-refractivity contribution in [2.75, 3.05) is 18.0 Å². The second-order valence-corrected chi connectivity index (χ2v) is 8.30. The van der Waals surface area contributed by atoms with Crippen LogP contribution in [0.4, 0.5) is 5.69 Å². The summed E-state index contributed by atoms with van der Waals surface area (Å²) in [6, 6.07) is 7.43. The minimum absolute atomic E-state index is 0. The van der Waals surface area contributed by atoms with Crippen LogP contribution in [0.5, 0.6) is 5.75 Å². The molecule has 1 spiro atoms. The molecule has 0 radical (unpaired) electrons. The molecule has 2 heterocycles. The molecule has 0 bridgehead atoms. The molecule has 1 saturated carbocycles. The fourth-order valence-electron chi connectivity index (χ4n) is 4.51. The Morgan fingerprint density at radius 3 is 2.56 bits per heavy atom. The van der Waals surface area contributed by atoms with Crippen LogP contribution >= 0.6 is 23.2 Å². The van der Waals surface area contributed by atoms with Gasteiger partial charge in [0.2, 0.25) is 0 Å². The Morgan fingerprint density at radius 1 is 1.19 bits per heavy atom. The van der Waals surface area contributed by atoms with Crippen molar-refractivity contribution in [3.8, 4) is 17.0 Å². The van der Waals surface area contributed by atoms with Gasteiger partial charge in [0.05, 0.1) is 21.9 Å². The Kier molecular flexibility index (Phi) is 5.90. The largest absolute Gasteiger partial charge is 0.506 e. The van der Waals surface area contributed by atoms with Gasteiger partial charge in [-0.2, -0.15) is 0 Å². The number of nitrogens with two attached hydrogens (primary N) is 1. The summed E-state index contributed by atoms with van der Waals surface area (Å²) >= 11 is 12.3. The lowest BCUT2D eigenvalue weighted by molar-refractivity contribution is 0.198. The van der Waals surface area contributed by atoms with Crippen molar-refractivity contribution in [2.24, 2.45) is 11.1 Å². The highest BCUT2D eigenvalue weighted by Crippen LogP contribution is 2.46. The number of rotatable bonds is 2. The molecule has 1 atom stereocenters. The number of piperidine rings is 1. The summed E-state index contributed by atoms with van der Waals surface area (Å²) in [5.41, 5.74) is 8.71. The van der Waals surface area contributed by atoms with E-state index in [-0.39, 0.29) is 13.2 Å². The fourth-order valence-corrected chi connectivity index (χ4v) is 4.90. The molecule has 1 aliphatic heterocycles. The van der Waals surface area contributed by atoms with Crippen LogP contribution in [0, 0.1) is 5.41 Å². The second kappa shape index (κ2) is 7.86. The van der Waals surface area contributed by atoms with Crippen molar-refractivity contribution in [3.05, 3.63) is 40.5 Å². The van der Waals surface area contributed by atoms with Crippen LogP contribution < -0.4 is 10.6 Å². The van der Waals surface area contributed by atoms with Crippen LogP contribution in [0.2, 0.25) is 10.0 Å². The molecule has 4 rings (SSSR count). The minimum atomic E-state index is 0. The van der Waals surface area contributed by atoms with Crippen LogP contribution in [-0.4, -0.2) is 29.2 Å². The standard InChI is InChI=1S/C20H23Cl2N3O.CH4/c21-15-4-1-3-14(18(15)22)19-16(26)11-13(12-24-19)25-9-7-20(8-10-25)6-2-5-17(20)23;/h1,3-4,11-12,17,26H,2,5-10,23H2;1H4/t17-;/m1./s1. The monoisotopic (exact) mass is 407 g/mol. The first-order chi connectivity index (χ1) is 12.5. The molecule has 6 heteroatoms. The maximum Gasteiger partial charge on any atom is 0.143 e. The number of benzene rings is 1. The first-order valence-electron chi connectivity index (χ1n) is 9.14. The molecule has 0 amide bonds. The van der Waals surface area contributed by atoms with Gasteiger partial charge in [-0.3, -0.25) is 4.98 Å². The molecule has 0 unspecified atom stereocenters. The predicted octanol–water partition coefficient (Wildman–Crippen LogP) is 5.49. The predicted molar refractivity (Wildman–Crippen MR) is 114 cm³/mol. The first-order valence-corrected chi connectivity index (χ1v) is 9.90. The van der Waals surface area contributed by atoms with E-state index in [9.17, 15) is 5.11 Å². The van der Waals surface area contributed by atoms with Gasteiger partial charge in [-0.05, 0) is 37.2 Å². The minimum Gasteiger partial charge on any atom is -0.506 e. The lowest BCUT2D eigenvalue weighted by Gasteiger charge is -2.43. The maximum atomic E-state index is 10.5. The van der Waals surface area contributed by atoms with Gasteiger partial charge in [-0.15, -0.1) is 0 Å². The number of aromatic nitrogens is 1. The Hall–Kier alpha value is -1.49. The quantitative estimate of drug-likeness (QED) is 0.689. The van der Waals surface area contributed by atoms with Crippen LogP contribution in [0.15, 0.2) is 30.5 Å². The Balaban J connectivity index is 0.00000210. The van der Waals surface area contributed by atoms with Gasteiger partial charge in [0.15, 0.2) is 0 Å². The van der Waals surface area contributed by atoms with Crippen molar-refractivity contribution in [3.63, 3.8) is 0 Å². The van der Waals surface area contributed by atoms with Crippen molar-refractivity contribution >= 4 is 28.9 Å². The fraction of sp³-hybridized carbons (Fsp3) is 0.476. The van der Waals surface area contributed by atoms with Crippen molar-refractivity contribution in [2.45, 2.75) is 45.6 Å². The van der Waals surface area contributed by atoms with Crippen molar-refractivity contribution in [1.29, 1.82) is 0 Å². The smallest absolute Gasteiger partial charge is 0.143 e. The SMILES string of the molecule is C.N[C@@H]1CCCC12CCN(c1cnc(-c3cccc(Cl)c3Cl)c(O)c1)CC2. The van der Waals surface area contributed by atoms with Crippen LogP contribution in [0.25, 0.3) is 11.3 Å². The van der Waals surface area contributed by atoms with E-state index < -0.39 is 0 Å². The zero-order valence-corrected chi connectivity index (χ0v) is 16.1. The molecule has 4 nitrogen and oxygen atoms in total. The number of halogens is 2. The summed E-state index contributed by atoms with van der Waals surface area (Å²) in [6.07, 6.45) is 7.67. The third-order valence-electron chi connectivity index (χ3n) is 6.16. The van der Waals surface area contributed by atoms with E-state index in [1.54, 1.807) is 24.4 Å². The molecule has 1 aromatic carbocycles. The lowest BCUT2D eigenvalue weighted by Crippen LogP contribution is -2.46. The van der Waals surface area contributed by atoms with Gasteiger partial charge < -0.3 is 15.7 Å². The third kappa shape index (κ3) is 3.63. The molecular weight excluding hydrogens is 381 g/mol. The Morgan fingerprint density at radius 2 is 1.93 bits per heavy atom. The van der Waals surface area contributed by atoms with Gasteiger partial charge in [0, 0.05) is 30.8 Å². The molecule has 1 aliphatic carbocycles. The number of pyridine rings is 1. The highest BCUT2D eigenvalue weighted by Gasteiger charge is 2.42. The third-order valence-corrected chi connectivity index (χ3v) is 6.98. The number of hydrogen-bond acceptors (Lipinski definition) is 4. The molecule has 27 heavy (non-hydrogen) atoms. The molecular formula is C21H27Cl2N3O. The molecule has 2 aliphatic rings.